The number of hydrogen-bond donors (Lipinski definition) is 2. The predicted molar refractivity (Wildman–Crippen MR) is 75.9 cm³/mol. The van der Waals surface area contributed by atoms with Crippen LogP contribution in [-0.4, -0.2) is 23.0 Å². The van der Waals surface area contributed by atoms with E-state index in [9.17, 15) is 4.79 Å². The lowest BCUT2D eigenvalue weighted by atomic mass is 9.76. The van der Waals surface area contributed by atoms with Crippen molar-refractivity contribution in [3.8, 4) is 0 Å². The van der Waals surface area contributed by atoms with Crippen molar-refractivity contribution < 1.29 is 4.79 Å². The lowest BCUT2D eigenvalue weighted by Gasteiger charge is -2.40. The molecule has 1 saturated carbocycles. The number of carbonyl (C=O) groups is 1. The Bertz CT molecular complexity index is 460. The highest BCUT2D eigenvalue weighted by Gasteiger charge is 2.35. The van der Waals surface area contributed by atoms with Gasteiger partial charge in [-0.15, -0.1) is 0 Å². The van der Waals surface area contributed by atoms with Gasteiger partial charge in [0, 0.05) is 18.4 Å². The molecule has 1 amide bonds. The molecule has 3 N–H and O–H groups in total. The molecule has 1 heterocycles. The first-order chi connectivity index (χ1) is 9.06. The van der Waals surface area contributed by atoms with Crippen LogP contribution in [0.4, 0.5) is 0 Å². The Morgan fingerprint density at radius 3 is 3.05 bits per heavy atom. The molecule has 2 rings (SSSR count). The van der Waals surface area contributed by atoms with E-state index in [2.05, 4.69) is 17.2 Å². The van der Waals surface area contributed by atoms with Crippen molar-refractivity contribution in [1.29, 1.82) is 0 Å². The molecule has 1 aliphatic rings. The van der Waals surface area contributed by atoms with Gasteiger partial charge >= 0.3 is 0 Å². The Labute approximate surface area is 114 Å². The molecule has 0 aliphatic heterocycles. The van der Waals surface area contributed by atoms with Crippen LogP contribution in [0.15, 0.2) is 18.3 Å². The summed E-state index contributed by atoms with van der Waals surface area (Å²) in [5, 5.41) is 3.17. The second-order valence-corrected chi connectivity index (χ2v) is 5.78. The number of hydrogen-bond acceptors (Lipinski definition) is 3. The van der Waals surface area contributed by atoms with Crippen molar-refractivity contribution in [3.05, 3.63) is 29.6 Å². The third-order valence-electron chi connectivity index (χ3n) is 4.11. The van der Waals surface area contributed by atoms with Crippen LogP contribution in [0.1, 0.15) is 48.7 Å². The molecule has 0 saturated heterocycles. The maximum atomic E-state index is 12.4. The van der Waals surface area contributed by atoms with Gasteiger partial charge in [-0.05, 0) is 37.8 Å². The van der Waals surface area contributed by atoms with E-state index in [1.807, 2.05) is 13.0 Å². The van der Waals surface area contributed by atoms with Crippen molar-refractivity contribution >= 4 is 5.91 Å². The number of aromatic nitrogens is 1. The minimum atomic E-state index is -0.239. The highest BCUT2D eigenvalue weighted by atomic mass is 16.1. The summed E-state index contributed by atoms with van der Waals surface area (Å²) in [5.41, 5.74) is 7.10. The zero-order valence-corrected chi connectivity index (χ0v) is 11.8. The zero-order chi connectivity index (χ0) is 13.9. The number of aryl methyl sites for hydroxylation is 1. The average Bonchev–Trinajstić information content (AvgIpc) is 2.39. The number of nitrogens with two attached hydrogens (primary N) is 1. The van der Waals surface area contributed by atoms with E-state index in [0.29, 0.717) is 18.0 Å². The predicted octanol–water partition coefficient (Wildman–Crippen LogP) is 2.03. The number of amides is 1. The Morgan fingerprint density at radius 1 is 1.63 bits per heavy atom. The van der Waals surface area contributed by atoms with Crippen LogP contribution in [0, 0.1) is 12.8 Å². The molecule has 0 radical (unpaired) electrons. The molecule has 1 fully saturated rings. The summed E-state index contributed by atoms with van der Waals surface area (Å²) in [7, 11) is 0. The second-order valence-electron chi connectivity index (χ2n) is 5.78. The summed E-state index contributed by atoms with van der Waals surface area (Å²) >= 11 is 0. The van der Waals surface area contributed by atoms with E-state index in [0.717, 1.165) is 25.0 Å². The topological polar surface area (TPSA) is 68.0 Å². The molecule has 104 valence electrons. The van der Waals surface area contributed by atoms with Gasteiger partial charge in [-0.2, -0.15) is 0 Å². The maximum Gasteiger partial charge on any atom is 0.253 e. The standard InChI is InChI=1S/C15H23N3O/c1-11-5-3-7-15(9-11,10-16)18-14(19)13-6-4-8-17-12(13)2/h4,6,8,11H,3,5,7,9-10,16H2,1-2H3,(H,18,19). The third kappa shape index (κ3) is 3.13. The molecule has 4 heteroatoms. The molecule has 19 heavy (non-hydrogen) atoms. The van der Waals surface area contributed by atoms with Crippen LogP contribution in [0.25, 0.3) is 0 Å². The molecule has 0 aromatic carbocycles. The Balaban J connectivity index is 2.14. The van der Waals surface area contributed by atoms with Crippen LogP contribution in [-0.2, 0) is 0 Å². The summed E-state index contributed by atoms with van der Waals surface area (Å²) in [6, 6.07) is 3.61. The van der Waals surface area contributed by atoms with Crippen molar-refractivity contribution in [1.82, 2.24) is 10.3 Å². The quantitative estimate of drug-likeness (QED) is 0.874. The SMILES string of the molecule is Cc1ncccc1C(=O)NC1(CN)CCCC(C)C1. The highest BCUT2D eigenvalue weighted by molar-refractivity contribution is 5.95. The lowest BCUT2D eigenvalue weighted by Crippen LogP contribution is -2.56. The minimum absolute atomic E-state index is 0.0508. The van der Waals surface area contributed by atoms with Crippen molar-refractivity contribution in [2.75, 3.05) is 6.54 Å². The molecular weight excluding hydrogens is 238 g/mol. The van der Waals surface area contributed by atoms with Gasteiger partial charge in [-0.25, -0.2) is 0 Å². The molecule has 1 aliphatic carbocycles. The number of pyridine rings is 1. The van der Waals surface area contributed by atoms with Crippen LogP contribution in [0.5, 0.6) is 0 Å². The molecule has 4 nitrogen and oxygen atoms in total. The first kappa shape index (κ1) is 14.0. The maximum absolute atomic E-state index is 12.4. The first-order valence-corrected chi connectivity index (χ1v) is 7.00. The molecule has 0 bridgehead atoms. The third-order valence-corrected chi connectivity index (χ3v) is 4.11. The van der Waals surface area contributed by atoms with E-state index in [1.165, 1.54) is 6.42 Å². The van der Waals surface area contributed by atoms with E-state index < -0.39 is 0 Å². The fourth-order valence-electron chi connectivity index (χ4n) is 3.04. The molecule has 1 aromatic heterocycles. The fourth-order valence-corrected chi connectivity index (χ4v) is 3.04. The monoisotopic (exact) mass is 261 g/mol. The van der Waals surface area contributed by atoms with Gasteiger partial charge in [0.15, 0.2) is 0 Å². The van der Waals surface area contributed by atoms with Gasteiger partial charge in [0.25, 0.3) is 5.91 Å². The van der Waals surface area contributed by atoms with E-state index in [1.54, 1.807) is 12.3 Å². The number of carbonyl (C=O) groups excluding carboxylic acids is 1. The van der Waals surface area contributed by atoms with Gasteiger partial charge in [0.05, 0.1) is 11.1 Å². The smallest absolute Gasteiger partial charge is 0.253 e. The van der Waals surface area contributed by atoms with Crippen LogP contribution in [0.3, 0.4) is 0 Å². The molecular formula is C15H23N3O. The number of rotatable bonds is 3. The second kappa shape index (κ2) is 5.70. The Morgan fingerprint density at radius 2 is 2.42 bits per heavy atom. The fraction of sp³-hybridized carbons (Fsp3) is 0.600. The number of nitrogens with zero attached hydrogens (tertiary/aromatic N) is 1. The average molecular weight is 261 g/mol. The van der Waals surface area contributed by atoms with Gasteiger partial charge in [0.1, 0.15) is 0 Å². The van der Waals surface area contributed by atoms with Crippen molar-refractivity contribution in [3.63, 3.8) is 0 Å². The summed E-state index contributed by atoms with van der Waals surface area (Å²) < 4.78 is 0. The van der Waals surface area contributed by atoms with Gasteiger partial charge in [0.2, 0.25) is 0 Å². The Hall–Kier alpha value is -1.42. The summed E-state index contributed by atoms with van der Waals surface area (Å²) in [6.07, 6.45) is 6.00. The van der Waals surface area contributed by atoms with E-state index in [-0.39, 0.29) is 11.4 Å². The molecule has 2 unspecified atom stereocenters. The van der Waals surface area contributed by atoms with Crippen LogP contribution < -0.4 is 11.1 Å². The normalized spacial score (nSPS) is 27.0. The molecule has 1 aromatic rings. The van der Waals surface area contributed by atoms with Crippen molar-refractivity contribution in [2.24, 2.45) is 11.7 Å². The van der Waals surface area contributed by atoms with E-state index in [4.69, 9.17) is 5.73 Å². The first-order valence-electron chi connectivity index (χ1n) is 7.00. The van der Waals surface area contributed by atoms with Crippen LogP contribution in [0.2, 0.25) is 0 Å². The lowest BCUT2D eigenvalue weighted by molar-refractivity contribution is 0.0853. The zero-order valence-electron chi connectivity index (χ0n) is 11.8. The summed E-state index contributed by atoms with van der Waals surface area (Å²) in [6.45, 7) is 4.58. The molecule has 0 spiro atoms. The summed E-state index contributed by atoms with van der Waals surface area (Å²) in [5.74, 6) is 0.567. The number of nitrogens with one attached hydrogen (secondary N) is 1. The van der Waals surface area contributed by atoms with Gasteiger partial charge in [-0.1, -0.05) is 19.8 Å². The minimum Gasteiger partial charge on any atom is -0.345 e. The largest absolute Gasteiger partial charge is 0.345 e. The van der Waals surface area contributed by atoms with Crippen molar-refractivity contribution in [2.45, 2.75) is 45.1 Å². The highest BCUT2D eigenvalue weighted by Crippen LogP contribution is 2.31. The van der Waals surface area contributed by atoms with Gasteiger partial charge in [-0.3, -0.25) is 9.78 Å². The van der Waals surface area contributed by atoms with E-state index >= 15 is 0 Å². The Kier molecular flexibility index (Phi) is 4.20. The summed E-state index contributed by atoms with van der Waals surface area (Å²) in [4.78, 5) is 16.6. The molecule has 2 atom stereocenters. The van der Waals surface area contributed by atoms with Crippen LogP contribution >= 0.6 is 0 Å². The van der Waals surface area contributed by atoms with Gasteiger partial charge < -0.3 is 11.1 Å².